The van der Waals surface area contributed by atoms with Crippen LogP contribution >= 0.6 is 0 Å². The number of carbonyl (C=O) groups excluding carboxylic acids is 3. The molecule has 1 unspecified atom stereocenters. The first-order valence-electron chi connectivity index (χ1n) is 30.0. The van der Waals surface area contributed by atoms with Crippen molar-refractivity contribution < 1.29 is 14.4 Å². The lowest BCUT2D eigenvalue weighted by Crippen LogP contribution is -2.58. The van der Waals surface area contributed by atoms with Gasteiger partial charge in [0.2, 0.25) is 0 Å². The molecule has 0 N–H and O–H groups in total. The highest BCUT2D eigenvalue weighted by molar-refractivity contribution is 5.97. The molecule has 0 bridgehead atoms. The van der Waals surface area contributed by atoms with E-state index in [9.17, 15) is 14.4 Å². The summed E-state index contributed by atoms with van der Waals surface area (Å²) in [7, 11) is 0. The van der Waals surface area contributed by atoms with Crippen molar-refractivity contribution in [3.63, 3.8) is 0 Å². The Kier molecular flexibility index (Phi) is 19.2. The van der Waals surface area contributed by atoms with Gasteiger partial charge in [-0.05, 0) is 153 Å². The quantitative estimate of drug-likeness (QED) is 0.0977. The van der Waals surface area contributed by atoms with Gasteiger partial charge in [0.15, 0.2) is 0 Å². The number of rotatable bonds is 15. The SMILES string of the molecule is CC(=O)C(C)c1ccc(N(Cc2ccccc2)C2CCN(C3(C)CCN(C(=O)c4c(C)ncnc4C)CC3)CC2)cc1.CCc1ccc(N(Cc2ccccc2)C2CCN(C3(C)CCN(C(=O)c4c(C)ncnc4C)CC3)CC2)cc1. The van der Waals surface area contributed by atoms with Crippen molar-refractivity contribution in [2.24, 2.45) is 0 Å². The monoisotopic (exact) mass is 1090 g/mol. The van der Waals surface area contributed by atoms with E-state index < -0.39 is 0 Å². The molecule has 6 aromatic rings. The zero-order valence-corrected chi connectivity index (χ0v) is 49.9. The standard InChI is InChI=1S/C35H45N5O2.C33H43N5O/c1-25(28(4)41)30-11-13-31(14-12-30)40(23-29-9-7-6-8-10-29)32-15-19-39(20-16-32)35(5)17-21-38(22-18-35)34(42)33-26(2)36-24-37-27(33)3;1-5-27-11-13-29(14-12-27)38(23-28-9-7-6-8-10-28)30-15-19-37(20-16-30)33(4)17-21-36(22-18-33)32(39)31-25(2)34-24-35-26(31)3/h6-14,24-25,32H,15-23H2,1-5H3;6-14,24,30H,5,15-23H2,1-4H3. The normalized spacial score (nSPS) is 18.3. The highest BCUT2D eigenvalue weighted by Gasteiger charge is 2.42. The zero-order chi connectivity index (χ0) is 57.3. The summed E-state index contributed by atoms with van der Waals surface area (Å²) in [6.07, 6.45) is 12.6. The Morgan fingerprint density at radius 3 is 1.19 bits per heavy atom. The maximum absolute atomic E-state index is 13.3. The first-order chi connectivity index (χ1) is 39.0. The molecule has 2 amide bonds. The van der Waals surface area contributed by atoms with Crippen molar-refractivity contribution in [2.45, 2.75) is 162 Å². The van der Waals surface area contributed by atoms with E-state index in [0.717, 1.165) is 152 Å². The van der Waals surface area contributed by atoms with Gasteiger partial charge in [-0.1, -0.05) is 98.8 Å². The van der Waals surface area contributed by atoms with Crippen LogP contribution in [0.3, 0.4) is 0 Å². The van der Waals surface area contributed by atoms with Gasteiger partial charge in [-0.15, -0.1) is 0 Å². The maximum atomic E-state index is 13.3. The number of nitrogens with zero attached hydrogens (tertiary/aromatic N) is 10. The van der Waals surface area contributed by atoms with Crippen molar-refractivity contribution in [3.8, 4) is 0 Å². The van der Waals surface area contributed by atoms with Crippen molar-refractivity contribution in [1.29, 1.82) is 0 Å². The van der Waals surface area contributed by atoms with Gasteiger partial charge in [-0.2, -0.15) is 0 Å². The Bertz CT molecular complexity index is 2990. The molecule has 0 aliphatic carbocycles. The average molecular weight is 1090 g/mol. The molecule has 1 atom stereocenters. The minimum atomic E-state index is -0.0820. The summed E-state index contributed by atoms with van der Waals surface area (Å²) in [6, 6.07) is 40.3. The molecule has 0 saturated carbocycles. The summed E-state index contributed by atoms with van der Waals surface area (Å²) in [5, 5.41) is 0. The second-order valence-corrected chi connectivity index (χ2v) is 24.0. The van der Waals surface area contributed by atoms with Gasteiger partial charge in [0, 0.05) is 106 Å². The van der Waals surface area contributed by atoms with Gasteiger partial charge >= 0.3 is 0 Å². The van der Waals surface area contributed by atoms with E-state index in [1.54, 1.807) is 13.3 Å². The van der Waals surface area contributed by atoms with Crippen molar-refractivity contribution >= 4 is 29.0 Å². The minimum absolute atomic E-state index is 0.0617. The fraction of sp³-hybridized carbons (Fsp3) is 0.485. The highest BCUT2D eigenvalue weighted by Crippen LogP contribution is 2.37. The van der Waals surface area contributed by atoms with Crippen LogP contribution in [0.5, 0.6) is 0 Å². The van der Waals surface area contributed by atoms with Crippen LogP contribution in [0.4, 0.5) is 11.4 Å². The van der Waals surface area contributed by atoms with Crippen molar-refractivity contribution in [2.75, 3.05) is 62.2 Å². The second-order valence-electron chi connectivity index (χ2n) is 24.0. The van der Waals surface area contributed by atoms with E-state index in [-0.39, 0.29) is 34.6 Å². The maximum Gasteiger partial charge on any atom is 0.257 e. The van der Waals surface area contributed by atoms with E-state index >= 15 is 0 Å². The van der Waals surface area contributed by atoms with Crippen LogP contribution in [-0.2, 0) is 24.3 Å². The molecule has 13 heteroatoms. The summed E-state index contributed by atoms with van der Waals surface area (Å²) in [5.41, 5.74) is 12.3. The number of ketones is 1. The Hall–Kier alpha value is -6.83. The van der Waals surface area contributed by atoms with Gasteiger partial charge in [-0.3, -0.25) is 24.2 Å². The predicted molar refractivity (Wildman–Crippen MR) is 326 cm³/mol. The summed E-state index contributed by atoms with van der Waals surface area (Å²) in [4.78, 5) is 70.2. The van der Waals surface area contributed by atoms with Crippen LogP contribution in [0.15, 0.2) is 122 Å². The zero-order valence-electron chi connectivity index (χ0n) is 49.9. The first-order valence-corrected chi connectivity index (χ1v) is 30.0. The van der Waals surface area contributed by atoms with E-state index in [0.29, 0.717) is 23.2 Å². The Balaban J connectivity index is 0.000000196. The van der Waals surface area contributed by atoms with Crippen LogP contribution in [0.25, 0.3) is 0 Å². The largest absolute Gasteiger partial charge is 0.364 e. The number of carbonyl (C=O) groups is 3. The molecular weight excluding hydrogens is 1000 g/mol. The fourth-order valence-corrected chi connectivity index (χ4v) is 13.1. The summed E-state index contributed by atoms with van der Waals surface area (Å²) >= 11 is 0. The number of piperidine rings is 4. The summed E-state index contributed by atoms with van der Waals surface area (Å²) < 4.78 is 0. The topological polar surface area (TPSA) is 122 Å². The number of amides is 2. The van der Waals surface area contributed by atoms with Gasteiger partial charge < -0.3 is 19.6 Å². The van der Waals surface area contributed by atoms with E-state index in [2.05, 4.69) is 170 Å². The second kappa shape index (κ2) is 26.4. The number of anilines is 2. The third-order valence-electron chi connectivity index (χ3n) is 18.9. The number of aryl methyl sites for hydroxylation is 5. The molecule has 6 heterocycles. The summed E-state index contributed by atoms with van der Waals surface area (Å²) in [6.45, 7) is 27.4. The third kappa shape index (κ3) is 13.9. The number of hydrogen-bond acceptors (Lipinski definition) is 11. The molecule has 4 saturated heterocycles. The third-order valence-corrected chi connectivity index (χ3v) is 18.9. The number of hydrogen-bond donors (Lipinski definition) is 0. The fourth-order valence-electron chi connectivity index (χ4n) is 13.1. The molecule has 0 radical (unpaired) electrons. The van der Waals surface area contributed by atoms with Crippen LogP contribution < -0.4 is 9.80 Å². The van der Waals surface area contributed by atoms with Gasteiger partial charge in [0.05, 0.1) is 33.9 Å². The van der Waals surface area contributed by atoms with Gasteiger partial charge in [0.1, 0.15) is 18.4 Å². The highest BCUT2D eigenvalue weighted by atomic mass is 16.2. The van der Waals surface area contributed by atoms with E-state index in [4.69, 9.17) is 0 Å². The van der Waals surface area contributed by atoms with Crippen molar-refractivity contribution in [1.82, 2.24) is 39.5 Å². The molecule has 4 aliphatic rings. The smallest absolute Gasteiger partial charge is 0.257 e. The Labute approximate surface area is 483 Å². The molecule has 4 fully saturated rings. The summed E-state index contributed by atoms with van der Waals surface area (Å²) in [5.74, 6) is 0.254. The molecule has 4 aromatic carbocycles. The van der Waals surface area contributed by atoms with E-state index in [1.807, 2.05) is 44.4 Å². The number of aromatic nitrogens is 4. The molecule has 13 nitrogen and oxygen atoms in total. The average Bonchev–Trinajstić information content (AvgIpc) is 3.58. The predicted octanol–water partition coefficient (Wildman–Crippen LogP) is 11.8. The Morgan fingerprint density at radius 1 is 0.506 bits per heavy atom. The molecular formula is C68H88N10O3. The molecule has 428 valence electrons. The molecule has 4 aliphatic heterocycles. The van der Waals surface area contributed by atoms with E-state index in [1.165, 1.54) is 34.4 Å². The lowest BCUT2D eigenvalue weighted by Gasteiger charge is -2.50. The molecule has 2 aromatic heterocycles. The van der Waals surface area contributed by atoms with Crippen LogP contribution in [-0.4, -0.2) is 133 Å². The Morgan fingerprint density at radius 2 is 0.852 bits per heavy atom. The van der Waals surface area contributed by atoms with Crippen LogP contribution in [0.1, 0.15) is 158 Å². The number of Topliss-reactive ketones (excluding diaryl/α,β-unsaturated/α-hetero) is 1. The first kappa shape index (κ1) is 58.8. The van der Waals surface area contributed by atoms with Gasteiger partial charge in [0.25, 0.3) is 11.8 Å². The van der Waals surface area contributed by atoms with Gasteiger partial charge in [-0.25, -0.2) is 19.9 Å². The minimum Gasteiger partial charge on any atom is -0.364 e. The van der Waals surface area contributed by atoms with Crippen molar-refractivity contribution in [3.05, 3.63) is 178 Å². The lowest BCUT2D eigenvalue weighted by atomic mass is 9.85. The number of benzene rings is 4. The molecule has 0 spiro atoms. The van der Waals surface area contributed by atoms with Crippen LogP contribution in [0.2, 0.25) is 0 Å². The lowest BCUT2D eigenvalue weighted by molar-refractivity contribution is -0.118. The number of likely N-dealkylation sites (tertiary alicyclic amines) is 4. The molecule has 81 heavy (non-hydrogen) atoms. The molecule has 10 rings (SSSR count). The van der Waals surface area contributed by atoms with Crippen LogP contribution in [0, 0.1) is 27.7 Å².